The minimum Gasteiger partial charge on any atom is -0.206 e. The van der Waals surface area contributed by atoms with Crippen LogP contribution in [0.25, 0.3) is 0 Å². The van der Waals surface area contributed by atoms with Crippen LogP contribution in [0.4, 0.5) is 17.6 Å². The molecule has 0 heterocycles. The van der Waals surface area contributed by atoms with Gasteiger partial charge in [0.1, 0.15) is 5.82 Å². The van der Waals surface area contributed by atoms with Crippen molar-refractivity contribution < 1.29 is 17.6 Å². The van der Waals surface area contributed by atoms with E-state index in [4.69, 9.17) is 11.6 Å². The fourth-order valence-electron chi connectivity index (χ4n) is 5.17. The number of halogens is 5. The molecule has 0 aromatic heterocycles. The molecule has 5 heteroatoms. The number of aryl methyl sites for hydroxylation is 1. The minimum absolute atomic E-state index is 0.608. The van der Waals surface area contributed by atoms with Gasteiger partial charge in [0.2, 0.25) is 0 Å². The van der Waals surface area contributed by atoms with Crippen LogP contribution in [0.1, 0.15) is 68.9 Å². The van der Waals surface area contributed by atoms with E-state index in [0.29, 0.717) is 23.8 Å². The lowest BCUT2D eigenvalue weighted by molar-refractivity contribution is -0.140. The molecule has 2 aliphatic carbocycles. The maximum atomic E-state index is 13.7. The van der Waals surface area contributed by atoms with Crippen molar-refractivity contribution in [2.75, 3.05) is 0 Å². The number of rotatable bonds is 5. The van der Waals surface area contributed by atoms with Crippen molar-refractivity contribution in [2.24, 2.45) is 23.7 Å². The molecule has 0 saturated heterocycles. The van der Waals surface area contributed by atoms with Crippen LogP contribution in [-0.4, -0.2) is 0 Å². The Labute approximate surface area is 170 Å². The molecule has 0 spiro atoms. The molecule has 28 heavy (non-hydrogen) atoms. The lowest BCUT2D eigenvalue weighted by atomic mass is 9.68. The molecule has 2 fully saturated rings. The van der Waals surface area contributed by atoms with Crippen molar-refractivity contribution in [1.29, 1.82) is 0 Å². The first-order valence-electron chi connectivity index (χ1n) is 10.5. The molecule has 1 aromatic carbocycles. The summed E-state index contributed by atoms with van der Waals surface area (Å²) >= 11 is 5.69. The first kappa shape index (κ1) is 21.7. The smallest absolute Gasteiger partial charge is 0.206 e. The molecule has 0 amide bonds. The summed E-state index contributed by atoms with van der Waals surface area (Å²) in [6, 6.07) is 3.35. The molecule has 0 nitrogen and oxygen atoms in total. The lowest BCUT2D eigenvalue weighted by Crippen LogP contribution is -2.25. The van der Waals surface area contributed by atoms with E-state index in [-0.39, 0.29) is 0 Å². The zero-order valence-corrected chi connectivity index (χ0v) is 16.9. The van der Waals surface area contributed by atoms with Crippen molar-refractivity contribution in [3.05, 3.63) is 46.8 Å². The molecule has 0 bridgehead atoms. The van der Waals surface area contributed by atoms with Crippen LogP contribution in [0.15, 0.2) is 29.8 Å². The molecule has 3 rings (SSSR count). The zero-order valence-electron chi connectivity index (χ0n) is 16.2. The predicted molar refractivity (Wildman–Crippen MR) is 106 cm³/mol. The average Bonchev–Trinajstić information content (AvgIpc) is 2.67. The molecule has 0 unspecified atom stereocenters. The molecule has 156 valence electrons. The van der Waals surface area contributed by atoms with Crippen LogP contribution in [0, 0.1) is 29.5 Å². The highest BCUT2D eigenvalue weighted by Gasteiger charge is 2.34. The topological polar surface area (TPSA) is 0 Å². The molecule has 0 aliphatic heterocycles. The third kappa shape index (κ3) is 5.75. The summed E-state index contributed by atoms with van der Waals surface area (Å²) in [4.78, 5) is 0. The van der Waals surface area contributed by atoms with Crippen LogP contribution in [-0.2, 0) is 12.6 Å². The van der Waals surface area contributed by atoms with Crippen molar-refractivity contribution in [1.82, 2.24) is 0 Å². The van der Waals surface area contributed by atoms with Gasteiger partial charge in [-0.15, -0.1) is 0 Å². The Morgan fingerprint density at radius 2 is 1.54 bits per heavy atom. The summed E-state index contributed by atoms with van der Waals surface area (Å²) in [5.41, 5.74) is 1.14. The molecule has 0 radical (unpaired) electrons. The number of hydrogen-bond acceptors (Lipinski definition) is 0. The van der Waals surface area contributed by atoms with Crippen LogP contribution in [0.3, 0.4) is 0 Å². The van der Waals surface area contributed by atoms with Gasteiger partial charge in [-0.05, 0) is 92.7 Å². The predicted octanol–water partition coefficient (Wildman–Crippen LogP) is 8.14. The van der Waals surface area contributed by atoms with E-state index in [1.54, 1.807) is 5.54 Å². The monoisotopic (exact) mass is 416 g/mol. The number of allylic oxidation sites excluding steroid dienone is 1. The molecule has 0 N–H and O–H groups in total. The van der Waals surface area contributed by atoms with E-state index >= 15 is 0 Å². The first-order valence-corrected chi connectivity index (χ1v) is 10.9. The Morgan fingerprint density at radius 1 is 0.929 bits per heavy atom. The summed E-state index contributed by atoms with van der Waals surface area (Å²) < 4.78 is 51.7. The summed E-state index contributed by atoms with van der Waals surface area (Å²) in [5, 5.41) is 0. The Morgan fingerprint density at radius 3 is 2.07 bits per heavy atom. The first-order chi connectivity index (χ1) is 13.4. The standard InChI is InChI=1S/C23H29ClF4/c24-14-13-17-5-10-20(11-6-17)19-8-3-16(4-9-19)1-2-18-7-12-21(22(25)15-18)23(26,27)28/h7,12-17,19-20H,1-6,8-11H2. The van der Waals surface area contributed by atoms with Gasteiger partial charge in [-0.3, -0.25) is 0 Å². The molecule has 2 saturated carbocycles. The number of hydrogen-bond donors (Lipinski definition) is 0. The van der Waals surface area contributed by atoms with Gasteiger partial charge in [0.15, 0.2) is 0 Å². The van der Waals surface area contributed by atoms with E-state index in [1.165, 1.54) is 57.4 Å². The van der Waals surface area contributed by atoms with Gasteiger partial charge >= 0.3 is 6.18 Å². The van der Waals surface area contributed by atoms with Gasteiger partial charge in [0.05, 0.1) is 5.56 Å². The SMILES string of the molecule is Fc1cc(CCC2CCC(C3CCC(C=CCl)CC3)CC2)ccc1C(F)(F)F. The average molecular weight is 417 g/mol. The van der Waals surface area contributed by atoms with Crippen molar-refractivity contribution in [2.45, 2.75) is 70.4 Å². The highest BCUT2D eigenvalue weighted by atomic mass is 35.5. The lowest BCUT2D eigenvalue weighted by Gasteiger charge is -2.37. The normalized spacial score (nSPS) is 29.3. The summed E-state index contributed by atoms with van der Waals surface area (Å²) in [6.07, 6.45) is 9.06. The maximum absolute atomic E-state index is 13.7. The largest absolute Gasteiger partial charge is 0.419 e. The van der Waals surface area contributed by atoms with Gasteiger partial charge < -0.3 is 0 Å². The van der Waals surface area contributed by atoms with Crippen LogP contribution >= 0.6 is 11.6 Å². The third-order valence-electron chi connectivity index (χ3n) is 6.90. The Bertz CT molecular complexity index is 651. The maximum Gasteiger partial charge on any atom is 0.419 e. The highest BCUT2D eigenvalue weighted by Crippen LogP contribution is 2.42. The summed E-state index contributed by atoms with van der Waals surface area (Å²) in [7, 11) is 0. The van der Waals surface area contributed by atoms with E-state index in [2.05, 4.69) is 6.08 Å². The van der Waals surface area contributed by atoms with Crippen LogP contribution in [0.2, 0.25) is 0 Å². The number of benzene rings is 1. The molecular formula is C23H29ClF4. The molecule has 2 aliphatic rings. The summed E-state index contributed by atoms with van der Waals surface area (Å²) in [6.45, 7) is 0. The zero-order chi connectivity index (χ0) is 20.1. The minimum atomic E-state index is -4.62. The van der Waals surface area contributed by atoms with E-state index in [9.17, 15) is 17.6 Å². The second-order valence-electron chi connectivity index (χ2n) is 8.62. The van der Waals surface area contributed by atoms with E-state index in [0.717, 1.165) is 30.4 Å². The van der Waals surface area contributed by atoms with Crippen molar-refractivity contribution in [3.63, 3.8) is 0 Å². The van der Waals surface area contributed by atoms with Gasteiger partial charge in [-0.1, -0.05) is 36.6 Å². The Balaban J connectivity index is 1.42. The summed E-state index contributed by atoms with van der Waals surface area (Å²) in [5.74, 6) is 1.75. The van der Waals surface area contributed by atoms with Gasteiger partial charge in [0.25, 0.3) is 0 Å². The van der Waals surface area contributed by atoms with Crippen LogP contribution < -0.4 is 0 Å². The fraction of sp³-hybridized carbons (Fsp3) is 0.652. The van der Waals surface area contributed by atoms with E-state index < -0.39 is 17.6 Å². The number of alkyl halides is 3. The molecule has 0 atom stereocenters. The van der Waals surface area contributed by atoms with Crippen molar-refractivity contribution in [3.8, 4) is 0 Å². The van der Waals surface area contributed by atoms with Gasteiger partial charge in [0, 0.05) is 5.54 Å². The van der Waals surface area contributed by atoms with Crippen LogP contribution in [0.5, 0.6) is 0 Å². The second-order valence-corrected chi connectivity index (χ2v) is 8.88. The van der Waals surface area contributed by atoms with Gasteiger partial charge in [-0.25, -0.2) is 4.39 Å². The molecule has 1 aromatic rings. The Hall–Kier alpha value is -1.03. The molecular weight excluding hydrogens is 388 g/mol. The van der Waals surface area contributed by atoms with Gasteiger partial charge in [-0.2, -0.15) is 13.2 Å². The second kappa shape index (κ2) is 9.65. The highest BCUT2D eigenvalue weighted by molar-refractivity contribution is 6.25. The Kier molecular flexibility index (Phi) is 7.47. The third-order valence-corrected chi connectivity index (χ3v) is 7.05. The van der Waals surface area contributed by atoms with Crippen molar-refractivity contribution >= 4 is 11.6 Å². The fourth-order valence-corrected chi connectivity index (χ4v) is 5.38. The quantitative estimate of drug-likeness (QED) is 0.425. The van der Waals surface area contributed by atoms with E-state index in [1.807, 2.05) is 0 Å².